The summed E-state index contributed by atoms with van der Waals surface area (Å²) in [5.41, 5.74) is 2.15. The normalized spacial score (nSPS) is 16.9. The van der Waals surface area contributed by atoms with Crippen molar-refractivity contribution in [2.75, 3.05) is 19.0 Å². The third kappa shape index (κ3) is 4.24. The second-order valence-corrected chi connectivity index (χ2v) is 9.37. The number of benzene rings is 1. The summed E-state index contributed by atoms with van der Waals surface area (Å²) in [5, 5.41) is 3.07. The van der Waals surface area contributed by atoms with E-state index >= 15 is 0 Å². The highest BCUT2D eigenvalue weighted by Crippen LogP contribution is 2.38. The number of ether oxygens (including phenoxy) is 1. The molecule has 8 nitrogen and oxygen atoms in total. The standard InChI is InChI=1S/C22H25N5O3S/c1-15-14-20(16(2)13-19(15)30-3)31(28,29)27-12-5-8-18(27)17-7-4-9-21(25-17)26-22-23-10-6-11-24-22/h4,6-7,9-11,13-14,18H,5,8,12H2,1-3H3,(H,23,24,25,26). The minimum atomic E-state index is -3.69. The van der Waals surface area contributed by atoms with Crippen LogP contribution in [0.5, 0.6) is 5.75 Å². The summed E-state index contributed by atoms with van der Waals surface area (Å²) in [5.74, 6) is 1.69. The van der Waals surface area contributed by atoms with Gasteiger partial charge in [-0.1, -0.05) is 6.07 Å². The lowest BCUT2D eigenvalue weighted by atomic mass is 10.1. The summed E-state index contributed by atoms with van der Waals surface area (Å²) >= 11 is 0. The molecule has 3 heterocycles. The van der Waals surface area contributed by atoms with E-state index in [-0.39, 0.29) is 6.04 Å². The molecule has 1 unspecified atom stereocenters. The number of hydrogen-bond acceptors (Lipinski definition) is 7. The molecule has 1 aliphatic rings. The highest BCUT2D eigenvalue weighted by molar-refractivity contribution is 7.89. The molecule has 2 aromatic heterocycles. The van der Waals surface area contributed by atoms with Gasteiger partial charge in [-0.25, -0.2) is 23.4 Å². The van der Waals surface area contributed by atoms with Crippen molar-refractivity contribution in [2.45, 2.75) is 37.6 Å². The van der Waals surface area contributed by atoms with E-state index in [0.717, 1.165) is 12.0 Å². The lowest BCUT2D eigenvalue weighted by Gasteiger charge is -2.25. The molecule has 1 saturated heterocycles. The Bertz CT molecular complexity index is 1190. The Kier molecular flexibility index (Phi) is 5.88. The second kappa shape index (κ2) is 8.60. The molecule has 3 aromatic rings. The van der Waals surface area contributed by atoms with Crippen molar-refractivity contribution in [3.05, 3.63) is 65.6 Å². The molecule has 1 fully saturated rings. The number of nitrogens with one attached hydrogen (secondary N) is 1. The van der Waals surface area contributed by atoms with E-state index in [1.54, 1.807) is 48.9 Å². The molecule has 9 heteroatoms. The van der Waals surface area contributed by atoms with Gasteiger partial charge in [0.25, 0.3) is 0 Å². The van der Waals surface area contributed by atoms with Gasteiger partial charge in [-0.3, -0.25) is 0 Å². The lowest BCUT2D eigenvalue weighted by Crippen LogP contribution is -2.31. The van der Waals surface area contributed by atoms with Crippen molar-refractivity contribution in [3.8, 4) is 5.75 Å². The van der Waals surface area contributed by atoms with Gasteiger partial charge >= 0.3 is 0 Å². The topological polar surface area (TPSA) is 97.3 Å². The zero-order chi connectivity index (χ0) is 22.0. The van der Waals surface area contributed by atoms with Gasteiger partial charge in [-0.15, -0.1) is 0 Å². The molecule has 162 valence electrons. The van der Waals surface area contributed by atoms with Crippen molar-refractivity contribution >= 4 is 21.8 Å². The summed E-state index contributed by atoms with van der Waals surface area (Å²) < 4.78 is 34.1. The van der Waals surface area contributed by atoms with Crippen LogP contribution in [0.15, 0.2) is 53.7 Å². The number of anilines is 2. The zero-order valence-corrected chi connectivity index (χ0v) is 18.6. The fourth-order valence-corrected chi connectivity index (χ4v) is 5.86. The number of nitrogens with zero attached hydrogens (tertiary/aromatic N) is 4. The van der Waals surface area contributed by atoms with E-state index < -0.39 is 10.0 Å². The molecule has 1 aromatic carbocycles. The van der Waals surface area contributed by atoms with Crippen LogP contribution in [-0.4, -0.2) is 41.3 Å². The van der Waals surface area contributed by atoms with Crippen molar-refractivity contribution in [3.63, 3.8) is 0 Å². The second-order valence-electron chi connectivity index (χ2n) is 7.51. The van der Waals surface area contributed by atoms with E-state index in [0.29, 0.717) is 46.6 Å². The summed E-state index contributed by atoms with van der Waals surface area (Å²) in [4.78, 5) is 13.3. The number of aryl methyl sites for hydroxylation is 2. The van der Waals surface area contributed by atoms with Crippen molar-refractivity contribution in [1.82, 2.24) is 19.3 Å². The number of rotatable bonds is 6. The summed E-state index contributed by atoms with van der Waals surface area (Å²) in [6.45, 7) is 4.10. The lowest BCUT2D eigenvalue weighted by molar-refractivity contribution is 0.389. The van der Waals surface area contributed by atoms with Gasteiger partial charge < -0.3 is 10.1 Å². The van der Waals surface area contributed by atoms with E-state index in [2.05, 4.69) is 20.3 Å². The number of aromatic nitrogens is 3. The molecule has 0 radical (unpaired) electrons. The van der Waals surface area contributed by atoms with Crippen LogP contribution in [0.25, 0.3) is 0 Å². The Hall–Kier alpha value is -3.04. The summed E-state index contributed by atoms with van der Waals surface area (Å²) in [6, 6.07) is 10.4. The first-order chi connectivity index (χ1) is 14.9. The average Bonchev–Trinajstić information content (AvgIpc) is 3.27. The Labute approximate surface area is 182 Å². The Morgan fingerprint density at radius 1 is 1.10 bits per heavy atom. The highest BCUT2D eigenvalue weighted by atomic mass is 32.2. The van der Waals surface area contributed by atoms with Crippen LogP contribution in [0.3, 0.4) is 0 Å². The van der Waals surface area contributed by atoms with Gasteiger partial charge in [0, 0.05) is 18.9 Å². The monoisotopic (exact) mass is 439 g/mol. The molecule has 1 atom stereocenters. The van der Waals surface area contributed by atoms with Crippen LogP contribution in [0, 0.1) is 13.8 Å². The first-order valence-electron chi connectivity index (χ1n) is 10.1. The smallest absolute Gasteiger partial charge is 0.243 e. The quantitative estimate of drug-likeness (QED) is 0.624. The van der Waals surface area contributed by atoms with E-state index in [4.69, 9.17) is 4.74 Å². The minimum absolute atomic E-state index is 0.310. The number of hydrogen-bond donors (Lipinski definition) is 1. The third-order valence-corrected chi connectivity index (χ3v) is 7.45. The minimum Gasteiger partial charge on any atom is -0.496 e. The summed E-state index contributed by atoms with van der Waals surface area (Å²) in [6.07, 6.45) is 4.78. The highest BCUT2D eigenvalue weighted by Gasteiger charge is 2.38. The van der Waals surface area contributed by atoms with Gasteiger partial charge in [0.05, 0.1) is 23.7 Å². The predicted molar refractivity (Wildman–Crippen MR) is 118 cm³/mol. The maximum absolute atomic E-state index is 13.6. The maximum atomic E-state index is 13.6. The molecule has 31 heavy (non-hydrogen) atoms. The largest absolute Gasteiger partial charge is 0.496 e. The van der Waals surface area contributed by atoms with Gasteiger partial charge in [0.1, 0.15) is 11.6 Å². The molecule has 1 aliphatic heterocycles. The Balaban J connectivity index is 1.65. The molecule has 4 rings (SSSR count). The third-order valence-electron chi connectivity index (χ3n) is 5.40. The number of methoxy groups -OCH3 is 1. The van der Waals surface area contributed by atoms with E-state index in [1.165, 1.54) is 0 Å². The number of pyridine rings is 1. The predicted octanol–water partition coefficient (Wildman–Crippen LogP) is 3.77. The molecular weight excluding hydrogens is 414 g/mol. The van der Waals surface area contributed by atoms with Gasteiger partial charge in [-0.2, -0.15) is 4.31 Å². The first-order valence-corrected chi connectivity index (χ1v) is 11.5. The molecule has 0 spiro atoms. The van der Waals surface area contributed by atoms with Gasteiger partial charge in [0.2, 0.25) is 16.0 Å². The average molecular weight is 440 g/mol. The van der Waals surface area contributed by atoms with E-state index in [9.17, 15) is 8.42 Å². The molecule has 0 amide bonds. The van der Waals surface area contributed by atoms with Crippen LogP contribution in [0.4, 0.5) is 11.8 Å². The number of sulfonamides is 1. The molecule has 1 N–H and O–H groups in total. The summed E-state index contributed by atoms with van der Waals surface area (Å²) in [7, 11) is -2.11. The van der Waals surface area contributed by atoms with Crippen molar-refractivity contribution < 1.29 is 13.2 Å². The zero-order valence-electron chi connectivity index (χ0n) is 17.7. The Morgan fingerprint density at radius 3 is 2.61 bits per heavy atom. The van der Waals surface area contributed by atoms with Crippen LogP contribution in [-0.2, 0) is 10.0 Å². The molecular formula is C22H25N5O3S. The fourth-order valence-electron chi connectivity index (χ4n) is 3.90. The molecule has 0 aliphatic carbocycles. The van der Waals surface area contributed by atoms with Crippen molar-refractivity contribution in [1.29, 1.82) is 0 Å². The fraction of sp³-hybridized carbons (Fsp3) is 0.318. The molecule has 0 saturated carbocycles. The Morgan fingerprint density at radius 2 is 1.87 bits per heavy atom. The molecule has 0 bridgehead atoms. The van der Waals surface area contributed by atoms with E-state index in [1.807, 2.05) is 25.1 Å². The van der Waals surface area contributed by atoms with Gasteiger partial charge in [-0.05, 0) is 68.1 Å². The SMILES string of the molecule is COc1cc(C)c(S(=O)(=O)N2CCCC2c2cccc(Nc3ncccn3)n2)cc1C. The maximum Gasteiger partial charge on any atom is 0.243 e. The first kappa shape index (κ1) is 21.2. The van der Waals surface area contributed by atoms with Crippen LogP contribution >= 0.6 is 0 Å². The van der Waals surface area contributed by atoms with Crippen LogP contribution in [0.1, 0.15) is 35.7 Å². The van der Waals surface area contributed by atoms with Crippen LogP contribution in [0.2, 0.25) is 0 Å². The van der Waals surface area contributed by atoms with Crippen LogP contribution < -0.4 is 10.1 Å². The van der Waals surface area contributed by atoms with Gasteiger partial charge in [0.15, 0.2) is 0 Å². The van der Waals surface area contributed by atoms with Crippen molar-refractivity contribution in [2.24, 2.45) is 0 Å².